The lowest BCUT2D eigenvalue weighted by molar-refractivity contribution is 0.107. The van der Waals surface area contributed by atoms with Crippen molar-refractivity contribution in [2.24, 2.45) is 34.0 Å². The quantitative estimate of drug-likeness (QED) is 0.212. The van der Waals surface area contributed by atoms with Gasteiger partial charge in [0.15, 0.2) is 11.5 Å². The van der Waals surface area contributed by atoms with Crippen LogP contribution in [0.25, 0.3) is 0 Å². The lowest BCUT2D eigenvalue weighted by atomic mass is 9.71. The Kier molecular flexibility index (Phi) is 23.3. The maximum Gasteiger partial charge on any atom is 0.231 e. The minimum absolute atomic E-state index is 0.353. The third-order valence-corrected chi connectivity index (χ3v) is 14.8. The van der Waals surface area contributed by atoms with Gasteiger partial charge in [0.2, 0.25) is 6.79 Å². The zero-order valence-corrected chi connectivity index (χ0v) is 44.2. The van der Waals surface area contributed by atoms with Crippen molar-refractivity contribution >= 4 is 0 Å². The van der Waals surface area contributed by atoms with Gasteiger partial charge in [0, 0.05) is 56.4 Å². The summed E-state index contributed by atoms with van der Waals surface area (Å²) in [6, 6.07) is 18.9. The summed E-state index contributed by atoms with van der Waals surface area (Å²) in [4.78, 5) is 16.1. The number of fused-ring (bicyclic) bond motifs is 1. The highest BCUT2D eigenvalue weighted by Crippen LogP contribution is 2.41. The zero-order chi connectivity index (χ0) is 47.5. The van der Waals surface area contributed by atoms with Crippen LogP contribution in [0, 0.1) is 34.0 Å². The standard InChI is InChI=1S/C19H29NO2.2C17H28N2.2C2H6/c1-19(2,3)15-6-8-16(9-7-15)20(4)12-14-5-10-17-18(11-14)22-13-21-17;1-17(2,3)15-7-9-16(10-8-15)19(4)13-14-6-5-11-18-12-14;1-17(2,3)14-8-10-16(11-9-14)19(4)13-15-7-5-6-12-18-15;2*1-2/h5,10-11,15-16H,6-9,12-13H2,1-4H3;5-6,11-12,15-16H,7-10,13H2,1-4H3;5-7,12,14,16H,8-11,13H2,1-4H3;2*1-2H3. The average molecular weight is 884 g/mol. The zero-order valence-electron chi connectivity index (χ0n) is 44.2. The van der Waals surface area contributed by atoms with E-state index in [0.717, 1.165) is 61.0 Å². The van der Waals surface area contributed by atoms with Crippen molar-refractivity contribution in [2.45, 2.75) is 205 Å². The molecule has 0 bridgehead atoms. The molecule has 362 valence electrons. The van der Waals surface area contributed by atoms with Gasteiger partial charge in [-0.25, -0.2) is 0 Å². The molecule has 0 radical (unpaired) electrons. The molecule has 64 heavy (non-hydrogen) atoms. The third-order valence-electron chi connectivity index (χ3n) is 14.8. The molecule has 1 aromatic carbocycles. The van der Waals surface area contributed by atoms with Crippen molar-refractivity contribution in [1.29, 1.82) is 0 Å². The number of hydrogen-bond donors (Lipinski definition) is 0. The van der Waals surface area contributed by atoms with E-state index in [2.05, 4.69) is 138 Å². The van der Waals surface area contributed by atoms with Gasteiger partial charge in [-0.2, -0.15) is 0 Å². The van der Waals surface area contributed by atoms with E-state index in [-0.39, 0.29) is 0 Å². The molecule has 3 aliphatic carbocycles. The molecule has 0 unspecified atom stereocenters. The number of nitrogens with zero attached hydrogens (tertiary/aromatic N) is 5. The molecule has 4 aliphatic rings. The van der Waals surface area contributed by atoms with Crippen LogP contribution in [-0.2, 0) is 19.6 Å². The van der Waals surface area contributed by atoms with Gasteiger partial charge >= 0.3 is 0 Å². The molecule has 3 saturated carbocycles. The van der Waals surface area contributed by atoms with Crippen LogP contribution in [0.5, 0.6) is 11.5 Å². The summed E-state index contributed by atoms with van der Waals surface area (Å²) in [6.07, 6.45) is 22.0. The van der Waals surface area contributed by atoms with Crippen molar-refractivity contribution < 1.29 is 9.47 Å². The summed E-state index contributed by atoms with van der Waals surface area (Å²) in [6.45, 7) is 32.8. The van der Waals surface area contributed by atoms with E-state index < -0.39 is 0 Å². The van der Waals surface area contributed by atoms with Gasteiger partial charge in [-0.05, 0) is 174 Å². The molecule has 0 atom stereocenters. The number of rotatable bonds is 9. The highest BCUT2D eigenvalue weighted by molar-refractivity contribution is 5.44. The average Bonchev–Trinajstić information content (AvgIpc) is 3.76. The van der Waals surface area contributed by atoms with Crippen LogP contribution in [-0.4, -0.2) is 70.7 Å². The van der Waals surface area contributed by atoms with Gasteiger partial charge in [-0.15, -0.1) is 0 Å². The molecule has 3 heterocycles. The first-order valence-electron chi connectivity index (χ1n) is 25.6. The summed E-state index contributed by atoms with van der Waals surface area (Å²) in [7, 11) is 6.76. The molecule has 0 saturated heterocycles. The Morgan fingerprint density at radius 2 is 0.922 bits per heavy atom. The summed E-state index contributed by atoms with van der Waals surface area (Å²) in [5.74, 6) is 4.43. The van der Waals surface area contributed by atoms with E-state index in [4.69, 9.17) is 9.47 Å². The maximum atomic E-state index is 5.48. The molecular weight excluding hydrogens is 787 g/mol. The summed E-state index contributed by atoms with van der Waals surface area (Å²) in [5, 5.41) is 0. The third kappa shape index (κ3) is 18.4. The van der Waals surface area contributed by atoms with Crippen LogP contribution in [0.2, 0.25) is 0 Å². The van der Waals surface area contributed by atoms with Crippen molar-refractivity contribution in [2.75, 3.05) is 27.9 Å². The predicted octanol–water partition coefficient (Wildman–Crippen LogP) is 14.7. The van der Waals surface area contributed by atoms with Crippen molar-refractivity contribution in [1.82, 2.24) is 24.7 Å². The highest BCUT2D eigenvalue weighted by atomic mass is 16.7. The predicted molar refractivity (Wildman–Crippen MR) is 274 cm³/mol. The summed E-state index contributed by atoms with van der Waals surface area (Å²) >= 11 is 0. The monoisotopic (exact) mass is 884 g/mol. The molecule has 0 amide bonds. The highest BCUT2D eigenvalue weighted by Gasteiger charge is 2.33. The van der Waals surface area contributed by atoms with Crippen LogP contribution in [0.3, 0.4) is 0 Å². The molecule has 7 rings (SSSR count). The maximum absolute atomic E-state index is 5.48. The van der Waals surface area contributed by atoms with Crippen LogP contribution in [0.1, 0.15) is 184 Å². The van der Waals surface area contributed by atoms with E-state index >= 15 is 0 Å². The Balaban J connectivity index is 0.000000246. The fourth-order valence-corrected chi connectivity index (χ4v) is 10.4. The van der Waals surface area contributed by atoms with Crippen molar-refractivity contribution in [3.63, 3.8) is 0 Å². The van der Waals surface area contributed by atoms with Crippen molar-refractivity contribution in [3.05, 3.63) is 83.9 Å². The normalized spacial score (nSPS) is 23.4. The SMILES string of the molecule is CC.CC.CN(Cc1ccc2c(c1)OCO2)C1CCC(C(C)(C)C)CC1.CN(Cc1ccccn1)C1CCC(C(C)(C)C)CC1.CN(Cc1cccnc1)C1CCC(C(C)(C)C)CC1. The van der Waals surface area contributed by atoms with E-state index in [1.165, 1.54) is 93.9 Å². The van der Waals surface area contributed by atoms with Crippen LogP contribution in [0.15, 0.2) is 67.1 Å². The largest absolute Gasteiger partial charge is 0.454 e. The van der Waals surface area contributed by atoms with E-state index in [0.29, 0.717) is 29.1 Å². The van der Waals surface area contributed by atoms with Gasteiger partial charge in [-0.3, -0.25) is 24.7 Å². The number of ether oxygens (including phenoxy) is 2. The number of benzene rings is 1. The number of hydrogen-bond acceptors (Lipinski definition) is 7. The molecule has 1 aliphatic heterocycles. The molecule has 7 heteroatoms. The van der Waals surface area contributed by atoms with E-state index in [9.17, 15) is 0 Å². The topological polar surface area (TPSA) is 54.0 Å². The Morgan fingerprint density at radius 3 is 1.33 bits per heavy atom. The molecule has 3 aromatic rings. The van der Waals surface area contributed by atoms with Crippen LogP contribution in [0.4, 0.5) is 0 Å². The summed E-state index contributed by atoms with van der Waals surface area (Å²) in [5.41, 5.74) is 5.23. The first-order chi connectivity index (χ1) is 30.4. The fraction of sp³-hybridized carbons (Fsp3) is 0.719. The van der Waals surface area contributed by atoms with Crippen molar-refractivity contribution in [3.8, 4) is 11.5 Å². The molecule has 2 aromatic heterocycles. The smallest absolute Gasteiger partial charge is 0.231 e. The molecule has 3 fully saturated rings. The Morgan fingerprint density at radius 1 is 0.484 bits per heavy atom. The Labute approximate surface area is 394 Å². The van der Waals surface area contributed by atoms with Crippen LogP contribution >= 0.6 is 0 Å². The molecule has 7 nitrogen and oxygen atoms in total. The van der Waals surface area contributed by atoms with Gasteiger partial charge in [-0.1, -0.05) is 108 Å². The van der Waals surface area contributed by atoms with E-state index in [1.54, 1.807) is 0 Å². The van der Waals surface area contributed by atoms with E-state index in [1.807, 2.05) is 64.5 Å². The number of aromatic nitrogens is 2. The van der Waals surface area contributed by atoms with Gasteiger partial charge in [0.25, 0.3) is 0 Å². The lowest BCUT2D eigenvalue weighted by Gasteiger charge is -2.40. The number of pyridine rings is 2. The van der Waals surface area contributed by atoms with Crippen LogP contribution < -0.4 is 9.47 Å². The summed E-state index contributed by atoms with van der Waals surface area (Å²) < 4.78 is 10.9. The Bertz CT molecular complexity index is 1580. The molecule has 0 spiro atoms. The Hall–Kier alpha value is -3.00. The first-order valence-corrected chi connectivity index (χ1v) is 25.6. The van der Waals surface area contributed by atoms with Gasteiger partial charge in [0.1, 0.15) is 0 Å². The minimum Gasteiger partial charge on any atom is -0.454 e. The molecule has 0 N–H and O–H groups in total. The lowest BCUT2D eigenvalue weighted by Crippen LogP contribution is -2.37. The minimum atomic E-state index is 0.353. The van der Waals surface area contributed by atoms with Gasteiger partial charge in [0.05, 0.1) is 5.69 Å². The second-order valence-electron chi connectivity index (χ2n) is 22.2. The second kappa shape index (κ2) is 27.0. The molecular formula is C57H97N5O2. The van der Waals surface area contributed by atoms with Gasteiger partial charge < -0.3 is 9.47 Å². The fourth-order valence-electron chi connectivity index (χ4n) is 10.4. The second-order valence-corrected chi connectivity index (χ2v) is 22.2. The first kappa shape index (κ1) is 55.3.